The van der Waals surface area contributed by atoms with Gasteiger partial charge in [-0.05, 0) is 18.9 Å². The standard InChI is InChI=1S/C7H9N/c1-6-2-4-7(8)5-3-6/h2,4,8H,1,3,5H2. The fourth-order valence-corrected chi connectivity index (χ4v) is 0.680. The quantitative estimate of drug-likeness (QED) is 0.489. The zero-order valence-electron chi connectivity index (χ0n) is 4.78. The summed E-state index contributed by atoms with van der Waals surface area (Å²) >= 11 is 0. The smallest absolute Gasteiger partial charge is 0.0317 e. The topological polar surface area (TPSA) is 23.9 Å². The van der Waals surface area contributed by atoms with Gasteiger partial charge in [0.05, 0.1) is 0 Å². The zero-order chi connectivity index (χ0) is 5.98. The summed E-state index contributed by atoms with van der Waals surface area (Å²) in [6.45, 7) is 3.77. The summed E-state index contributed by atoms with van der Waals surface area (Å²) in [6, 6.07) is 0. The molecule has 0 heterocycles. The van der Waals surface area contributed by atoms with E-state index in [1.165, 1.54) is 0 Å². The molecule has 0 aromatic carbocycles. The molecular formula is C7H9N. The van der Waals surface area contributed by atoms with Gasteiger partial charge in [-0.25, -0.2) is 0 Å². The van der Waals surface area contributed by atoms with Crippen LogP contribution in [0.3, 0.4) is 0 Å². The van der Waals surface area contributed by atoms with Crippen molar-refractivity contribution in [3.63, 3.8) is 0 Å². The molecule has 1 rings (SSSR count). The lowest BCUT2D eigenvalue weighted by Gasteiger charge is -2.04. The predicted molar refractivity (Wildman–Crippen MR) is 35.2 cm³/mol. The van der Waals surface area contributed by atoms with Crippen LogP contribution in [0.2, 0.25) is 0 Å². The van der Waals surface area contributed by atoms with Crippen molar-refractivity contribution >= 4 is 5.71 Å². The van der Waals surface area contributed by atoms with Crippen LogP contribution in [0.5, 0.6) is 0 Å². The van der Waals surface area contributed by atoms with E-state index < -0.39 is 0 Å². The minimum atomic E-state index is 0.720. The Kier molecular flexibility index (Phi) is 1.29. The van der Waals surface area contributed by atoms with E-state index in [9.17, 15) is 0 Å². The maximum atomic E-state index is 7.15. The van der Waals surface area contributed by atoms with Crippen LogP contribution in [0.25, 0.3) is 0 Å². The van der Waals surface area contributed by atoms with Crippen LogP contribution < -0.4 is 0 Å². The highest BCUT2D eigenvalue weighted by atomic mass is 14.4. The maximum absolute atomic E-state index is 7.15. The number of hydrogen-bond donors (Lipinski definition) is 1. The van der Waals surface area contributed by atoms with Gasteiger partial charge in [-0.2, -0.15) is 0 Å². The fourth-order valence-electron chi connectivity index (χ4n) is 0.680. The van der Waals surface area contributed by atoms with Crippen molar-refractivity contribution in [3.05, 3.63) is 24.3 Å². The average molecular weight is 107 g/mol. The second-order valence-corrected chi connectivity index (χ2v) is 2.02. The van der Waals surface area contributed by atoms with Gasteiger partial charge in [0.2, 0.25) is 0 Å². The average Bonchev–Trinajstić information content (AvgIpc) is 1.77. The van der Waals surface area contributed by atoms with Gasteiger partial charge in [-0.15, -0.1) is 0 Å². The van der Waals surface area contributed by atoms with E-state index in [1.807, 2.05) is 12.2 Å². The summed E-state index contributed by atoms with van der Waals surface area (Å²) in [5.74, 6) is 0. The monoisotopic (exact) mass is 107 g/mol. The van der Waals surface area contributed by atoms with Crippen molar-refractivity contribution in [2.45, 2.75) is 12.8 Å². The first-order valence-corrected chi connectivity index (χ1v) is 2.72. The van der Waals surface area contributed by atoms with Crippen molar-refractivity contribution in [1.82, 2.24) is 0 Å². The first-order valence-electron chi connectivity index (χ1n) is 2.72. The second kappa shape index (κ2) is 1.95. The molecule has 0 unspecified atom stereocenters. The Labute approximate surface area is 49.2 Å². The van der Waals surface area contributed by atoms with Gasteiger partial charge in [-0.3, -0.25) is 0 Å². The van der Waals surface area contributed by atoms with Crippen LogP contribution in [-0.2, 0) is 0 Å². The van der Waals surface area contributed by atoms with Crippen molar-refractivity contribution in [2.75, 3.05) is 0 Å². The number of nitrogens with one attached hydrogen (secondary N) is 1. The molecule has 0 amide bonds. The second-order valence-electron chi connectivity index (χ2n) is 2.02. The Morgan fingerprint density at radius 3 is 2.50 bits per heavy atom. The van der Waals surface area contributed by atoms with Crippen LogP contribution in [0.4, 0.5) is 0 Å². The minimum Gasteiger partial charge on any atom is -0.305 e. The third-order valence-electron chi connectivity index (χ3n) is 1.24. The van der Waals surface area contributed by atoms with Crippen molar-refractivity contribution < 1.29 is 0 Å². The molecule has 1 heteroatoms. The van der Waals surface area contributed by atoms with E-state index in [2.05, 4.69) is 6.58 Å². The van der Waals surface area contributed by atoms with Gasteiger partial charge in [0.15, 0.2) is 0 Å². The van der Waals surface area contributed by atoms with E-state index in [0.29, 0.717) is 0 Å². The van der Waals surface area contributed by atoms with E-state index in [1.54, 1.807) is 0 Å². The van der Waals surface area contributed by atoms with Crippen LogP contribution in [-0.4, -0.2) is 5.71 Å². The van der Waals surface area contributed by atoms with Crippen molar-refractivity contribution in [3.8, 4) is 0 Å². The molecule has 0 bridgehead atoms. The molecule has 1 aliphatic carbocycles. The SMILES string of the molecule is C=C1C=CC(=N)CC1. The molecule has 0 aliphatic heterocycles. The van der Waals surface area contributed by atoms with E-state index in [-0.39, 0.29) is 0 Å². The Bertz CT molecular complexity index is 136. The molecule has 0 atom stereocenters. The van der Waals surface area contributed by atoms with Gasteiger partial charge in [0.1, 0.15) is 0 Å². The zero-order valence-corrected chi connectivity index (χ0v) is 4.78. The van der Waals surface area contributed by atoms with Crippen molar-refractivity contribution in [2.24, 2.45) is 0 Å². The van der Waals surface area contributed by atoms with Gasteiger partial charge >= 0.3 is 0 Å². The third-order valence-corrected chi connectivity index (χ3v) is 1.24. The molecule has 1 N–H and O–H groups in total. The van der Waals surface area contributed by atoms with E-state index in [4.69, 9.17) is 5.41 Å². The molecule has 0 fully saturated rings. The first-order chi connectivity index (χ1) is 3.79. The molecule has 0 saturated carbocycles. The fraction of sp³-hybridized carbons (Fsp3) is 0.286. The van der Waals surface area contributed by atoms with E-state index in [0.717, 1.165) is 24.1 Å². The van der Waals surface area contributed by atoms with E-state index >= 15 is 0 Å². The number of rotatable bonds is 0. The van der Waals surface area contributed by atoms with Gasteiger partial charge in [0, 0.05) is 5.71 Å². The molecule has 42 valence electrons. The predicted octanol–water partition coefficient (Wildman–Crippen LogP) is 1.91. The lowest BCUT2D eigenvalue weighted by molar-refractivity contribution is 1.03. The number of allylic oxidation sites excluding steroid dienone is 3. The summed E-state index contributed by atoms with van der Waals surface area (Å²) in [6.07, 6.45) is 5.56. The summed E-state index contributed by atoms with van der Waals surface area (Å²) < 4.78 is 0. The highest BCUT2D eigenvalue weighted by molar-refractivity contribution is 5.93. The van der Waals surface area contributed by atoms with Crippen LogP contribution in [0.1, 0.15) is 12.8 Å². The van der Waals surface area contributed by atoms with Gasteiger partial charge < -0.3 is 5.41 Å². The molecule has 1 nitrogen and oxygen atoms in total. The normalized spacial score (nSPS) is 19.5. The molecule has 0 aromatic heterocycles. The third kappa shape index (κ3) is 1.06. The minimum absolute atomic E-state index is 0.720. The molecule has 1 aliphatic rings. The highest BCUT2D eigenvalue weighted by Gasteiger charge is 1.98. The molecule has 0 aromatic rings. The van der Waals surface area contributed by atoms with Crippen LogP contribution >= 0.6 is 0 Å². The molecule has 0 spiro atoms. The lowest BCUT2D eigenvalue weighted by atomic mass is 10.0. The largest absolute Gasteiger partial charge is 0.305 e. The molecule has 8 heavy (non-hydrogen) atoms. The first kappa shape index (κ1) is 5.29. The Morgan fingerprint density at radius 1 is 1.38 bits per heavy atom. The summed E-state index contributed by atoms with van der Waals surface area (Å²) in [4.78, 5) is 0. The van der Waals surface area contributed by atoms with Crippen LogP contribution in [0.15, 0.2) is 24.3 Å². The maximum Gasteiger partial charge on any atom is 0.0317 e. The van der Waals surface area contributed by atoms with Crippen molar-refractivity contribution in [1.29, 1.82) is 5.41 Å². The summed E-state index contributed by atoms with van der Waals surface area (Å²) in [5.41, 5.74) is 1.86. The highest BCUT2D eigenvalue weighted by Crippen LogP contribution is 2.10. The lowest BCUT2D eigenvalue weighted by Crippen LogP contribution is -1.96. The Hall–Kier alpha value is -0.850. The summed E-state index contributed by atoms with van der Waals surface area (Å²) in [5, 5.41) is 7.15. The Balaban J connectivity index is 2.68. The van der Waals surface area contributed by atoms with Crippen LogP contribution in [0, 0.1) is 5.41 Å². The molecule has 0 saturated heterocycles. The van der Waals surface area contributed by atoms with Gasteiger partial charge in [-0.1, -0.05) is 18.2 Å². The summed E-state index contributed by atoms with van der Waals surface area (Å²) in [7, 11) is 0. The Morgan fingerprint density at radius 2 is 2.12 bits per heavy atom. The van der Waals surface area contributed by atoms with Gasteiger partial charge in [0.25, 0.3) is 0 Å². The molecule has 0 radical (unpaired) electrons. The number of hydrogen-bond acceptors (Lipinski definition) is 1. The molecular weight excluding hydrogens is 98.1 g/mol.